The molecule has 5 nitrogen and oxygen atoms in total. The summed E-state index contributed by atoms with van der Waals surface area (Å²) in [6, 6.07) is 10.4. The SMILES string of the molecule is CC(C)CCOc1ccc(C(=O)Nc2ccc(N)nc2)cc1.Cl. The highest BCUT2D eigenvalue weighted by atomic mass is 35.5. The van der Waals surface area contributed by atoms with E-state index in [1.165, 1.54) is 6.20 Å². The standard InChI is InChI=1S/C17H21N3O2.ClH/c1-12(2)9-10-22-15-6-3-13(4-7-15)17(21)20-14-5-8-16(18)19-11-14;/h3-8,11-12H,9-10H2,1-2H3,(H2,18,19)(H,20,21);1H. The molecule has 0 unspecified atom stereocenters. The zero-order chi connectivity index (χ0) is 15.9. The monoisotopic (exact) mass is 335 g/mol. The molecule has 0 radical (unpaired) electrons. The Balaban J connectivity index is 0.00000264. The average Bonchev–Trinajstić information content (AvgIpc) is 2.50. The summed E-state index contributed by atoms with van der Waals surface area (Å²) in [7, 11) is 0. The number of rotatable bonds is 6. The Hall–Kier alpha value is -2.27. The lowest BCUT2D eigenvalue weighted by molar-refractivity contribution is 0.102. The second-order valence-corrected chi connectivity index (χ2v) is 5.48. The summed E-state index contributed by atoms with van der Waals surface area (Å²) in [6.07, 6.45) is 2.53. The number of pyridine rings is 1. The minimum absolute atomic E-state index is 0. The van der Waals surface area contributed by atoms with Crippen LogP contribution in [-0.4, -0.2) is 17.5 Å². The molecule has 1 amide bonds. The molecular formula is C17H22ClN3O2. The van der Waals surface area contributed by atoms with E-state index >= 15 is 0 Å². The molecule has 0 atom stereocenters. The average molecular weight is 336 g/mol. The van der Waals surface area contributed by atoms with Crippen LogP contribution < -0.4 is 15.8 Å². The van der Waals surface area contributed by atoms with E-state index in [9.17, 15) is 4.79 Å². The van der Waals surface area contributed by atoms with Gasteiger partial charge in [0.05, 0.1) is 18.5 Å². The Bertz CT molecular complexity index is 613. The van der Waals surface area contributed by atoms with Crippen molar-refractivity contribution in [3.63, 3.8) is 0 Å². The van der Waals surface area contributed by atoms with E-state index in [1.807, 2.05) is 0 Å². The van der Waals surface area contributed by atoms with Crippen LogP contribution in [0.3, 0.4) is 0 Å². The van der Waals surface area contributed by atoms with E-state index in [-0.39, 0.29) is 18.3 Å². The van der Waals surface area contributed by atoms with E-state index < -0.39 is 0 Å². The second kappa shape index (κ2) is 9.00. The molecule has 23 heavy (non-hydrogen) atoms. The van der Waals surface area contributed by atoms with Gasteiger partial charge < -0.3 is 15.8 Å². The first-order valence-corrected chi connectivity index (χ1v) is 7.30. The summed E-state index contributed by atoms with van der Waals surface area (Å²) < 4.78 is 5.63. The van der Waals surface area contributed by atoms with Crippen LogP contribution in [-0.2, 0) is 0 Å². The predicted molar refractivity (Wildman–Crippen MR) is 95.2 cm³/mol. The molecule has 0 saturated carbocycles. The lowest BCUT2D eigenvalue weighted by atomic mass is 10.1. The van der Waals surface area contributed by atoms with Gasteiger partial charge in [-0.2, -0.15) is 0 Å². The number of nitrogen functional groups attached to an aromatic ring is 1. The molecule has 3 N–H and O–H groups in total. The number of carbonyl (C=O) groups is 1. The zero-order valence-corrected chi connectivity index (χ0v) is 14.1. The van der Waals surface area contributed by atoms with Crippen LogP contribution in [0.4, 0.5) is 11.5 Å². The maximum atomic E-state index is 12.1. The maximum Gasteiger partial charge on any atom is 0.255 e. The van der Waals surface area contributed by atoms with Crippen molar-refractivity contribution >= 4 is 29.8 Å². The van der Waals surface area contributed by atoms with Crippen molar-refractivity contribution in [3.05, 3.63) is 48.2 Å². The Labute approximate surface area is 142 Å². The molecule has 2 rings (SSSR count). The largest absolute Gasteiger partial charge is 0.494 e. The molecule has 0 fully saturated rings. The number of benzene rings is 1. The predicted octanol–water partition coefficient (Wildman–Crippen LogP) is 3.76. The molecule has 0 aliphatic rings. The molecule has 0 aliphatic carbocycles. The first kappa shape index (κ1) is 18.8. The van der Waals surface area contributed by atoms with Crippen LogP contribution in [0.5, 0.6) is 5.75 Å². The van der Waals surface area contributed by atoms with Gasteiger partial charge in [-0.05, 0) is 48.7 Å². The van der Waals surface area contributed by atoms with Crippen LogP contribution in [0.25, 0.3) is 0 Å². The Morgan fingerprint density at radius 2 is 1.91 bits per heavy atom. The Morgan fingerprint density at radius 1 is 1.22 bits per heavy atom. The van der Waals surface area contributed by atoms with Gasteiger partial charge in [0.15, 0.2) is 0 Å². The number of hydrogen-bond acceptors (Lipinski definition) is 4. The van der Waals surface area contributed by atoms with Gasteiger partial charge in [-0.1, -0.05) is 13.8 Å². The van der Waals surface area contributed by atoms with Gasteiger partial charge in [0.1, 0.15) is 11.6 Å². The number of ether oxygens (including phenoxy) is 1. The van der Waals surface area contributed by atoms with Crippen molar-refractivity contribution < 1.29 is 9.53 Å². The van der Waals surface area contributed by atoms with Crippen LogP contribution in [0, 0.1) is 5.92 Å². The van der Waals surface area contributed by atoms with Crippen LogP contribution >= 0.6 is 12.4 Å². The fourth-order valence-electron chi connectivity index (χ4n) is 1.80. The van der Waals surface area contributed by atoms with Crippen molar-refractivity contribution in [3.8, 4) is 5.75 Å². The fraction of sp³-hybridized carbons (Fsp3) is 0.294. The number of aromatic nitrogens is 1. The molecule has 0 bridgehead atoms. The summed E-state index contributed by atoms with van der Waals surface area (Å²) in [6.45, 7) is 4.99. The summed E-state index contributed by atoms with van der Waals surface area (Å²) in [5.41, 5.74) is 6.68. The number of hydrogen-bond donors (Lipinski definition) is 2. The van der Waals surface area contributed by atoms with E-state index in [1.54, 1.807) is 36.4 Å². The van der Waals surface area contributed by atoms with Crippen molar-refractivity contribution in [1.82, 2.24) is 4.98 Å². The molecule has 1 aromatic carbocycles. The quantitative estimate of drug-likeness (QED) is 0.842. The maximum absolute atomic E-state index is 12.1. The highest BCUT2D eigenvalue weighted by Crippen LogP contribution is 2.15. The molecule has 0 aliphatic heterocycles. The third kappa shape index (κ3) is 6.16. The molecule has 2 aromatic rings. The van der Waals surface area contributed by atoms with Gasteiger partial charge in [0, 0.05) is 5.56 Å². The number of amides is 1. The smallest absolute Gasteiger partial charge is 0.255 e. The number of halogens is 1. The number of nitrogens with two attached hydrogens (primary N) is 1. The van der Waals surface area contributed by atoms with E-state index in [4.69, 9.17) is 10.5 Å². The molecule has 1 aromatic heterocycles. The number of anilines is 2. The van der Waals surface area contributed by atoms with Gasteiger partial charge in [-0.15, -0.1) is 12.4 Å². The Morgan fingerprint density at radius 3 is 2.48 bits per heavy atom. The Kier molecular flexibility index (Phi) is 7.35. The summed E-state index contributed by atoms with van der Waals surface area (Å²) in [5, 5.41) is 2.77. The van der Waals surface area contributed by atoms with E-state index in [0.717, 1.165) is 12.2 Å². The molecule has 1 heterocycles. The van der Waals surface area contributed by atoms with Gasteiger partial charge in [0.2, 0.25) is 0 Å². The van der Waals surface area contributed by atoms with E-state index in [2.05, 4.69) is 24.1 Å². The lowest BCUT2D eigenvalue weighted by Crippen LogP contribution is -2.12. The first-order valence-electron chi connectivity index (χ1n) is 7.30. The normalized spacial score (nSPS) is 10.0. The summed E-state index contributed by atoms with van der Waals surface area (Å²) >= 11 is 0. The lowest BCUT2D eigenvalue weighted by Gasteiger charge is -2.09. The van der Waals surface area contributed by atoms with Crippen LogP contribution in [0.15, 0.2) is 42.6 Å². The fourth-order valence-corrected chi connectivity index (χ4v) is 1.80. The minimum atomic E-state index is -0.194. The summed E-state index contributed by atoms with van der Waals surface area (Å²) in [4.78, 5) is 16.0. The molecule has 0 spiro atoms. The van der Waals surface area contributed by atoms with Gasteiger partial charge >= 0.3 is 0 Å². The van der Waals surface area contributed by atoms with Crippen molar-refractivity contribution in [2.24, 2.45) is 5.92 Å². The number of nitrogens with zero attached hydrogens (tertiary/aromatic N) is 1. The van der Waals surface area contributed by atoms with Gasteiger partial charge in [-0.25, -0.2) is 4.98 Å². The third-order valence-corrected chi connectivity index (χ3v) is 3.12. The number of carbonyl (C=O) groups excluding carboxylic acids is 1. The third-order valence-electron chi connectivity index (χ3n) is 3.12. The highest BCUT2D eigenvalue weighted by molar-refractivity contribution is 6.04. The van der Waals surface area contributed by atoms with Crippen LogP contribution in [0.2, 0.25) is 0 Å². The van der Waals surface area contributed by atoms with Crippen LogP contribution in [0.1, 0.15) is 30.6 Å². The first-order chi connectivity index (χ1) is 10.5. The van der Waals surface area contributed by atoms with Crippen molar-refractivity contribution in [2.75, 3.05) is 17.7 Å². The zero-order valence-electron chi connectivity index (χ0n) is 13.3. The highest BCUT2D eigenvalue weighted by Gasteiger charge is 2.06. The number of nitrogens with one attached hydrogen (secondary N) is 1. The molecular weight excluding hydrogens is 314 g/mol. The second-order valence-electron chi connectivity index (χ2n) is 5.48. The van der Waals surface area contributed by atoms with Gasteiger partial charge in [-0.3, -0.25) is 4.79 Å². The minimum Gasteiger partial charge on any atom is -0.494 e. The topological polar surface area (TPSA) is 77.2 Å². The van der Waals surface area contributed by atoms with Gasteiger partial charge in [0.25, 0.3) is 5.91 Å². The van der Waals surface area contributed by atoms with E-state index in [0.29, 0.717) is 29.6 Å². The molecule has 0 saturated heterocycles. The van der Waals surface area contributed by atoms with Crippen molar-refractivity contribution in [1.29, 1.82) is 0 Å². The van der Waals surface area contributed by atoms with Crippen molar-refractivity contribution in [2.45, 2.75) is 20.3 Å². The molecule has 6 heteroatoms. The molecule has 124 valence electrons. The summed E-state index contributed by atoms with van der Waals surface area (Å²) in [5.74, 6) is 1.60.